The van der Waals surface area contributed by atoms with Crippen molar-refractivity contribution in [2.45, 2.75) is 32.7 Å². The Labute approximate surface area is 90.2 Å². The first-order chi connectivity index (χ1) is 7.09. The van der Waals surface area contributed by atoms with E-state index in [1.807, 2.05) is 13.8 Å². The molecule has 0 bridgehead atoms. The van der Waals surface area contributed by atoms with E-state index in [4.69, 9.17) is 10.5 Å². The Bertz CT molecular complexity index is 312. The first-order valence-corrected chi connectivity index (χ1v) is 5.24. The minimum Gasteiger partial charge on any atom is -0.493 e. The van der Waals surface area contributed by atoms with Gasteiger partial charge in [-0.3, -0.25) is 0 Å². The van der Waals surface area contributed by atoms with E-state index in [-0.39, 0.29) is 11.9 Å². The molecule has 1 atom stereocenters. The maximum absolute atomic E-state index is 12.8. The predicted molar refractivity (Wildman–Crippen MR) is 59.5 cm³/mol. The zero-order chi connectivity index (χ0) is 11.3. The number of aryl methyl sites for hydroxylation is 1. The molecule has 0 saturated carbocycles. The molecule has 0 radical (unpaired) electrons. The molecular weight excluding hydrogens is 193 g/mol. The smallest absolute Gasteiger partial charge is 0.123 e. The lowest BCUT2D eigenvalue weighted by Gasteiger charge is -2.09. The van der Waals surface area contributed by atoms with E-state index in [0.29, 0.717) is 6.61 Å². The molecule has 0 amide bonds. The predicted octanol–water partition coefficient (Wildman–Crippen LogP) is 2.64. The summed E-state index contributed by atoms with van der Waals surface area (Å²) in [6.45, 7) is 4.45. The summed E-state index contributed by atoms with van der Waals surface area (Å²) in [6, 6.07) is 4.76. The first-order valence-electron chi connectivity index (χ1n) is 5.24. The summed E-state index contributed by atoms with van der Waals surface area (Å²) in [5.74, 6) is 0.525. The standard InChI is InChI=1S/C12H18FNO/c1-9-8-11(13)5-6-12(9)15-7-3-4-10(2)14/h5-6,8,10H,3-4,7,14H2,1-2H3. The van der Waals surface area contributed by atoms with Crippen molar-refractivity contribution >= 4 is 0 Å². The quantitative estimate of drug-likeness (QED) is 0.760. The van der Waals surface area contributed by atoms with E-state index >= 15 is 0 Å². The van der Waals surface area contributed by atoms with E-state index in [1.165, 1.54) is 12.1 Å². The van der Waals surface area contributed by atoms with Crippen LogP contribution in [0.15, 0.2) is 18.2 Å². The van der Waals surface area contributed by atoms with Crippen LogP contribution in [0.4, 0.5) is 4.39 Å². The third-order valence-corrected chi connectivity index (χ3v) is 2.20. The Morgan fingerprint density at radius 2 is 2.20 bits per heavy atom. The molecule has 0 aliphatic rings. The lowest BCUT2D eigenvalue weighted by molar-refractivity contribution is 0.300. The van der Waals surface area contributed by atoms with E-state index in [1.54, 1.807) is 6.07 Å². The number of rotatable bonds is 5. The Kier molecular flexibility index (Phi) is 4.56. The molecule has 0 aliphatic carbocycles. The van der Waals surface area contributed by atoms with Crippen LogP contribution >= 0.6 is 0 Å². The van der Waals surface area contributed by atoms with Crippen LogP contribution in [0.1, 0.15) is 25.3 Å². The molecule has 15 heavy (non-hydrogen) atoms. The summed E-state index contributed by atoms with van der Waals surface area (Å²) in [4.78, 5) is 0. The Balaban J connectivity index is 2.37. The largest absolute Gasteiger partial charge is 0.493 e. The average Bonchev–Trinajstić information content (AvgIpc) is 2.14. The number of benzene rings is 1. The van der Waals surface area contributed by atoms with Crippen molar-refractivity contribution in [1.82, 2.24) is 0 Å². The maximum Gasteiger partial charge on any atom is 0.123 e. The zero-order valence-electron chi connectivity index (χ0n) is 9.29. The van der Waals surface area contributed by atoms with Crippen molar-refractivity contribution in [3.8, 4) is 5.75 Å². The second-order valence-electron chi connectivity index (χ2n) is 3.88. The second kappa shape index (κ2) is 5.71. The topological polar surface area (TPSA) is 35.2 Å². The van der Waals surface area contributed by atoms with Gasteiger partial charge in [-0.05, 0) is 50.5 Å². The Morgan fingerprint density at radius 3 is 2.80 bits per heavy atom. The molecule has 2 N–H and O–H groups in total. The molecule has 0 heterocycles. The van der Waals surface area contributed by atoms with Crippen LogP contribution in [-0.2, 0) is 0 Å². The van der Waals surface area contributed by atoms with Crippen molar-refractivity contribution < 1.29 is 9.13 Å². The molecule has 0 fully saturated rings. The molecule has 1 rings (SSSR count). The highest BCUT2D eigenvalue weighted by atomic mass is 19.1. The summed E-state index contributed by atoms with van der Waals surface area (Å²) < 4.78 is 18.3. The monoisotopic (exact) mass is 211 g/mol. The fourth-order valence-corrected chi connectivity index (χ4v) is 1.36. The van der Waals surface area contributed by atoms with Crippen molar-refractivity contribution in [3.63, 3.8) is 0 Å². The second-order valence-corrected chi connectivity index (χ2v) is 3.88. The van der Waals surface area contributed by atoms with E-state index in [0.717, 1.165) is 24.2 Å². The number of hydrogen-bond acceptors (Lipinski definition) is 2. The summed E-state index contributed by atoms with van der Waals surface area (Å²) in [6.07, 6.45) is 1.87. The average molecular weight is 211 g/mol. The fourth-order valence-electron chi connectivity index (χ4n) is 1.36. The zero-order valence-corrected chi connectivity index (χ0v) is 9.29. The molecule has 1 aromatic carbocycles. The molecule has 0 aromatic heterocycles. The van der Waals surface area contributed by atoms with Crippen molar-refractivity contribution in [3.05, 3.63) is 29.6 Å². The van der Waals surface area contributed by atoms with Crippen molar-refractivity contribution in [2.75, 3.05) is 6.61 Å². The van der Waals surface area contributed by atoms with Crippen molar-refractivity contribution in [2.24, 2.45) is 5.73 Å². The highest BCUT2D eigenvalue weighted by Crippen LogP contribution is 2.18. The number of hydrogen-bond donors (Lipinski definition) is 1. The number of ether oxygens (including phenoxy) is 1. The molecule has 0 spiro atoms. The number of nitrogens with two attached hydrogens (primary N) is 1. The van der Waals surface area contributed by atoms with Gasteiger partial charge in [-0.2, -0.15) is 0 Å². The molecule has 0 aliphatic heterocycles. The first kappa shape index (κ1) is 12.0. The third-order valence-electron chi connectivity index (χ3n) is 2.20. The highest BCUT2D eigenvalue weighted by molar-refractivity contribution is 5.32. The summed E-state index contributed by atoms with van der Waals surface area (Å²) >= 11 is 0. The molecule has 3 heteroatoms. The lowest BCUT2D eigenvalue weighted by Crippen LogP contribution is -2.15. The van der Waals surface area contributed by atoms with Crippen LogP contribution in [0, 0.1) is 12.7 Å². The van der Waals surface area contributed by atoms with Crippen LogP contribution in [0.5, 0.6) is 5.75 Å². The van der Waals surface area contributed by atoms with Gasteiger partial charge in [0.05, 0.1) is 6.61 Å². The number of halogens is 1. The van der Waals surface area contributed by atoms with Gasteiger partial charge in [-0.25, -0.2) is 4.39 Å². The molecule has 1 unspecified atom stereocenters. The van der Waals surface area contributed by atoms with Gasteiger partial charge < -0.3 is 10.5 Å². The minimum absolute atomic E-state index is 0.211. The SMILES string of the molecule is Cc1cc(F)ccc1OCCCC(C)N. The minimum atomic E-state index is -0.226. The summed E-state index contributed by atoms with van der Waals surface area (Å²) in [5, 5.41) is 0. The third kappa shape index (κ3) is 4.30. The van der Waals surface area contributed by atoms with Crippen LogP contribution in [0.2, 0.25) is 0 Å². The Morgan fingerprint density at radius 1 is 1.47 bits per heavy atom. The highest BCUT2D eigenvalue weighted by Gasteiger charge is 2.01. The van der Waals surface area contributed by atoms with Crippen LogP contribution in [0.25, 0.3) is 0 Å². The molecule has 2 nitrogen and oxygen atoms in total. The molecule has 84 valence electrons. The Hall–Kier alpha value is -1.09. The molecule has 1 aromatic rings. The maximum atomic E-state index is 12.8. The van der Waals surface area contributed by atoms with Gasteiger partial charge in [0.15, 0.2) is 0 Å². The summed E-state index contributed by atoms with van der Waals surface area (Å²) in [5.41, 5.74) is 6.45. The lowest BCUT2D eigenvalue weighted by atomic mass is 10.2. The van der Waals surface area contributed by atoms with Gasteiger partial charge in [-0.1, -0.05) is 0 Å². The van der Waals surface area contributed by atoms with Gasteiger partial charge in [-0.15, -0.1) is 0 Å². The van der Waals surface area contributed by atoms with Crippen LogP contribution in [0.3, 0.4) is 0 Å². The molecular formula is C12H18FNO. The van der Waals surface area contributed by atoms with Gasteiger partial charge in [0.2, 0.25) is 0 Å². The van der Waals surface area contributed by atoms with E-state index in [9.17, 15) is 4.39 Å². The van der Waals surface area contributed by atoms with Crippen LogP contribution in [-0.4, -0.2) is 12.6 Å². The summed E-state index contributed by atoms with van der Waals surface area (Å²) in [7, 11) is 0. The van der Waals surface area contributed by atoms with E-state index < -0.39 is 0 Å². The van der Waals surface area contributed by atoms with Gasteiger partial charge in [0.25, 0.3) is 0 Å². The van der Waals surface area contributed by atoms with Gasteiger partial charge >= 0.3 is 0 Å². The fraction of sp³-hybridized carbons (Fsp3) is 0.500. The van der Waals surface area contributed by atoms with Gasteiger partial charge in [0, 0.05) is 6.04 Å². The van der Waals surface area contributed by atoms with E-state index in [2.05, 4.69) is 0 Å². The van der Waals surface area contributed by atoms with Crippen LogP contribution < -0.4 is 10.5 Å². The van der Waals surface area contributed by atoms with Crippen molar-refractivity contribution in [1.29, 1.82) is 0 Å². The molecule has 0 saturated heterocycles. The normalized spacial score (nSPS) is 12.5. The van der Waals surface area contributed by atoms with Gasteiger partial charge in [0.1, 0.15) is 11.6 Å².